The van der Waals surface area contributed by atoms with Gasteiger partial charge in [0.1, 0.15) is 5.92 Å². The molecule has 5 heteroatoms. The number of Topliss-reactive ketones (excluding diaryl/α,β-unsaturated/α-hetero) is 1. The fourth-order valence-electron chi connectivity index (χ4n) is 2.25. The Bertz CT molecular complexity index is 513. The van der Waals surface area contributed by atoms with Gasteiger partial charge < -0.3 is 10.2 Å². The predicted octanol–water partition coefficient (Wildman–Crippen LogP) is 0.393. The highest BCUT2D eigenvalue weighted by Gasteiger charge is 2.41. The van der Waals surface area contributed by atoms with E-state index in [2.05, 4.69) is 5.32 Å². The second-order valence-electron chi connectivity index (χ2n) is 4.98. The second-order valence-corrected chi connectivity index (χ2v) is 4.98. The topological polar surface area (TPSA) is 66.5 Å². The van der Waals surface area contributed by atoms with Crippen molar-refractivity contribution in [3.05, 3.63) is 35.9 Å². The van der Waals surface area contributed by atoms with E-state index in [1.807, 2.05) is 30.3 Å². The Balaban J connectivity index is 1.73. The first-order valence-corrected chi connectivity index (χ1v) is 6.70. The van der Waals surface area contributed by atoms with Crippen molar-refractivity contribution in [2.24, 2.45) is 5.92 Å². The number of nitrogens with one attached hydrogen (secondary N) is 1. The largest absolute Gasteiger partial charge is 0.355 e. The lowest BCUT2D eigenvalue weighted by Crippen LogP contribution is -2.36. The van der Waals surface area contributed by atoms with E-state index in [0.717, 1.165) is 12.8 Å². The first kappa shape index (κ1) is 14.2. The van der Waals surface area contributed by atoms with Gasteiger partial charge in [0, 0.05) is 20.1 Å². The molecule has 1 heterocycles. The number of carbonyl (C=O) groups excluding carboxylic acids is 3. The van der Waals surface area contributed by atoms with Crippen LogP contribution < -0.4 is 5.32 Å². The molecule has 2 rings (SSSR count). The van der Waals surface area contributed by atoms with Crippen LogP contribution in [-0.4, -0.2) is 42.6 Å². The van der Waals surface area contributed by atoms with Gasteiger partial charge in [0.2, 0.25) is 11.7 Å². The molecule has 1 saturated heterocycles. The first-order valence-electron chi connectivity index (χ1n) is 6.70. The van der Waals surface area contributed by atoms with Crippen molar-refractivity contribution in [2.45, 2.75) is 12.8 Å². The van der Waals surface area contributed by atoms with Crippen molar-refractivity contribution in [3.8, 4) is 0 Å². The van der Waals surface area contributed by atoms with Gasteiger partial charge in [-0.25, -0.2) is 0 Å². The highest BCUT2D eigenvalue weighted by molar-refractivity contribution is 6.42. The number of ketones is 1. The van der Waals surface area contributed by atoms with Gasteiger partial charge in [-0.2, -0.15) is 0 Å². The molecular weight excluding hydrogens is 256 g/mol. The van der Waals surface area contributed by atoms with E-state index < -0.39 is 17.6 Å². The second kappa shape index (κ2) is 6.32. The Morgan fingerprint density at radius 2 is 2.00 bits per heavy atom. The average molecular weight is 274 g/mol. The monoisotopic (exact) mass is 274 g/mol. The highest BCUT2D eigenvalue weighted by Crippen LogP contribution is 2.12. The van der Waals surface area contributed by atoms with Crippen LogP contribution in [0.3, 0.4) is 0 Å². The molecule has 1 fully saturated rings. The minimum Gasteiger partial charge on any atom is -0.355 e. The molecule has 0 aromatic heterocycles. The molecule has 0 bridgehead atoms. The predicted molar refractivity (Wildman–Crippen MR) is 73.9 cm³/mol. The Morgan fingerprint density at radius 3 is 2.60 bits per heavy atom. The maximum absolute atomic E-state index is 11.8. The summed E-state index contributed by atoms with van der Waals surface area (Å²) in [5.41, 5.74) is 1.22. The van der Waals surface area contributed by atoms with Crippen LogP contribution in [0.25, 0.3) is 0 Å². The van der Waals surface area contributed by atoms with Crippen LogP contribution in [0.4, 0.5) is 0 Å². The van der Waals surface area contributed by atoms with Gasteiger partial charge in [-0.3, -0.25) is 14.4 Å². The Morgan fingerprint density at radius 1 is 1.30 bits per heavy atom. The minimum atomic E-state index is -0.843. The molecule has 5 nitrogen and oxygen atoms in total. The van der Waals surface area contributed by atoms with Gasteiger partial charge in [-0.05, 0) is 18.4 Å². The van der Waals surface area contributed by atoms with Crippen molar-refractivity contribution in [3.63, 3.8) is 0 Å². The third-order valence-corrected chi connectivity index (χ3v) is 3.43. The Kier molecular flexibility index (Phi) is 4.50. The summed E-state index contributed by atoms with van der Waals surface area (Å²) in [6, 6.07) is 10.00. The molecule has 0 saturated carbocycles. The summed E-state index contributed by atoms with van der Waals surface area (Å²) in [5.74, 6) is -2.37. The van der Waals surface area contributed by atoms with Crippen LogP contribution >= 0.6 is 0 Å². The van der Waals surface area contributed by atoms with Crippen LogP contribution in [0.5, 0.6) is 0 Å². The Labute approximate surface area is 118 Å². The van der Waals surface area contributed by atoms with Crippen LogP contribution in [0.2, 0.25) is 0 Å². The van der Waals surface area contributed by atoms with Crippen LogP contribution in [0.1, 0.15) is 12.0 Å². The lowest BCUT2D eigenvalue weighted by atomic mass is 10.1. The molecule has 1 aliphatic rings. The van der Waals surface area contributed by atoms with Crippen molar-refractivity contribution >= 4 is 17.6 Å². The molecule has 0 radical (unpaired) electrons. The molecule has 1 unspecified atom stereocenters. The zero-order valence-corrected chi connectivity index (χ0v) is 11.5. The fourth-order valence-corrected chi connectivity index (χ4v) is 2.25. The third kappa shape index (κ3) is 3.23. The number of likely N-dealkylation sites (tertiary alicyclic amines) is 1. The fraction of sp³-hybridized carbons (Fsp3) is 0.400. The van der Waals surface area contributed by atoms with Gasteiger partial charge in [0.25, 0.3) is 5.91 Å². The van der Waals surface area contributed by atoms with Gasteiger partial charge >= 0.3 is 0 Å². The number of hydrogen-bond acceptors (Lipinski definition) is 3. The summed E-state index contributed by atoms with van der Waals surface area (Å²) in [7, 11) is 1.53. The van der Waals surface area contributed by atoms with Gasteiger partial charge in [0.15, 0.2) is 0 Å². The highest BCUT2D eigenvalue weighted by atomic mass is 16.2. The summed E-state index contributed by atoms with van der Waals surface area (Å²) in [6.07, 6.45) is 1.68. The zero-order chi connectivity index (χ0) is 14.5. The summed E-state index contributed by atoms with van der Waals surface area (Å²) >= 11 is 0. The Hall–Kier alpha value is -2.17. The zero-order valence-electron chi connectivity index (χ0n) is 11.5. The molecular formula is C15H18N2O3. The van der Waals surface area contributed by atoms with E-state index in [1.54, 1.807) is 0 Å². The van der Waals surface area contributed by atoms with Gasteiger partial charge in [-0.1, -0.05) is 30.3 Å². The number of benzene rings is 1. The molecule has 20 heavy (non-hydrogen) atoms. The van der Waals surface area contributed by atoms with E-state index in [-0.39, 0.29) is 12.5 Å². The number of carbonyl (C=O) groups is 3. The van der Waals surface area contributed by atoms with Crippen LogP contribution in [-0.2, 0) is 20.8 Å². The molecule has 0 spiro atoms. The van der Waals surface area contributed by atoms with Gasteiger partial charge in [-0.15, -0.1) is 0 Å². The third-order valence-electron chi connectivity index (χ3n) is 3.43. The first-order chi connectivity index (χ1) is 9.59. The number of hydrogen-bond donors (Lipinski definition) is 1. The summed E-state index contributed by atoms with van der Waals surface area (Å²) in [4.78, 5) is 36.0. The summed E-state index contributed by atoms with van der Waals surface area (Å²) in [6.45, 7) is 0.692. The molecule has 2 amide bonds. The molecule has 106 valence electrons. The maximum atomic E-state index is 11.8. The quantitative estimate of drug-likeness (QED) is 0.480. The normalized spacial score (nSPS) is 18.4. The summed E-state index contributed by atoms with van der Waals surface area (Å²) < 4.78 is 0. The number of rotatable bonds is 5. The summed E-state index contributed by atoms with van der Waals surface area (Å²) in [5, 5.41) is 2.73. The van der Waals surface area contributed by atoms with Crippen molar-refractivity contribution in [1.29, 1.82) is 0 Å². The number of amides is 2. The van der Waals surface area contributed by atoms with E-state index in [0.29, 0.717) is 6.54 Å². The standard InChI is InChI=1S/C15H18N2O3/c1-17-10-12(13(18)15(17)20)14(19)16-9-5-8-11-6-3-2-4-7-11/h2-4,6-7,12H,5,8-10H2,1H3,(H,16,19). The molecule has 1 aromatic rings. The molecule has 1 atom stereocenters. The maximum Gasteiger partial charge on any atom is 0.290 e. The van der Waals surface area contributed by atoms with E-state index in [4.69, 9.17) is 0 Å². The lowest BCUT2D eigenvalue weighted by Gasteiger charge is -2.09. The molecule has 0 aliphatic carbocycles. The van der Waals surface area contributed by atoms with Crippen molar-refractivity contribution in [1.82, 2.24) is 10.2 Å². The van der Waals surface area contributed by atoms with Gasteiger partial charge in [0.05, 0.1) is 0 Å². The SMILES string of the molecule is CN1CC(C(=O)NCCCc2ccccc2)C(=O)C1=O. The smallest absolute Gasteiger partial charge is 0.290 e. The number of likely N-dealkylation sites (N-methyl/N-ethyl adjacent to an activating group) is 1. The van der Waals surface area contributed by atoms with E-state index >= 15 is 0 Å². The van der Waals surface area contributed by atoms with Crippen molar-refractivity contribution in [2.75, 3.05) is 20.1 Å². The molecule has 1 aromatic carbocycles. The lowest BCUT2D eigenvalue weighted by molar-refractivity contribution is -0.142. The van der Waals surface area contributed by atoms with Crippen molar-refractivity contribution < 1.29 is 14.4 Å². The molecule has 1 N–H and O–H groups in total. The van der Waals surface area contributed by atoms with Crippen LogP contribution in [0, 0.1) is 5.92 Å². The van der Waals surface area contributed by atoms with E-state index in [1.165, 1.54) is 17.5 Å². The number of aryl methyl sites for hydroxylation is 1. The number of nitrogens with zero attached hydrogens (tertiary/aromatic N) is 1. The van der Waals surface area contributed by atoms with Crippen LogP contribution in [0.15, 0.2) is 30.3 Å². The van der Waals surface area contributed by atoms with E-state index in [9.17, 15) is 14.4 Å². The molecule has 1 aliphatic heterocycles. The average Bonchev–Trinajstić information content (AvgIpc) is 2.72. The minimum absolute atomic E-state index is 0.183.